The molecule has 0 aromatic carbocycles. The topological polar surface area (TPSA) is 84.2 Å². The molecule has 0 aliphatic heterocycles. The van der Waals surface area contributed by atoms with Crippen molar-refractivity contribution in [3.8, 4) is 0 Å². The average Bonchev–Trinajstić information content (AvgIpc) is 3.07. The molecule has 1 aliphatic rings. The minimum atomic E-state index is -0.166. The van der Waals surface area contributed by atoms with Gasteiger partial charge in [0, 0.05) is 19.0 Å². The van der Waals surface area contributed by atoms with Crippen LogP contribution in [0.1, 0.15) is 32.6 Å². The van der Waals surface area contributed by atoms with Gasteiger partial charge >= 0.3 is 0 Å². The Morgan fingerprint density at radius 2 is 2.00 bits per heavy atom. The van der Waals surface area contributed by atoms with Gasteiger partial charge in [0.05, 0.1) is 6.54 Å². The van der Waals surface area contributed by atoms with Crippen LogP contribution in [0, 0.1) is 5.92 Å². The maximum atomic E-state index is 11.3. The molecule has 0 heterocycles. The Kier molecular flexibility index (Phi) is 5.25. The highest BCUT2D eigenvalue weighted by Gasteiger charge is 2.28. The highest BCUT2D eigenvalue weighted by Crippen LogP contribution is 2.31. The van der Waals surface area contributed by atoms with Crippen LogP contribution in [0.5, 0.6) is 0 Å². The van der Waals surface area contributed by atoms with Gasteiger partial charge in [-0.05, 0) is 25.2 Å². The van der Waals surface area contributed by atoms with Crippen molar-refractivity contribution in [1.82, 2.24) is 10.6 Å². The number of nitrogens with two attached hydrogens (primary N) is 1. The molecule has 1 aliphatic carbocycles. The Morgan fingerprint density at radius 1 is 1.31 bits per heavy atom. The Bertz CT molecular complexity index is 252. The van der Waals surface area contributed by atoms with E-state index in [4.69, 9.17) is 5.73 Å². The van der Waals surface area contributed by atoms with E-state index in [0.717, 1.165) is 6.42 Å². The highest BCUT2D eigenvalue weighted by molar-refractivity contribution is 5.84. The Labute approximate surface area is 96.1 Å². The molecule has 1 unspecified atom stereocenters. The minimum Gasteiger partial charge on any atom is -0.353 e. The summed E-state index contributed by atoms with van der Waals surface area (Å²) in [5.74, 6) is 0.333. The summed E-state index contributed by atoms with van der Waals surface area (Å²) in [6, 6.07) is 0.0651. The summed E-state index contributed by atoms with van der Waals surface area (Å²) in [5.41, 5.74) is 5.83. The van der Waals surface area contributed by atoms with Crippen molar-refractivity contribution in [2.75, 3.05) is 13.1 Å². The van der Waals surface area contributed by atoms with Gasteiger partial charge in [0.2, 0.25) is 11.8 Å². The number of carbonyl (C=O) groups is 2. The van der Waals surface area contributed by atoms with E-state index >= 15 is 0 Å². The third kappa shape index (κ3) is 5.11. The van der Waals surface area contributed by atoms with Gasteiger partial charge in [-0.1, -0.05) is 6.92 Å². The van der Waals surface area contributed by atoms with E-state index in [1.807, 2.05) is 6.92 Å². The van der Waals surface area contributed by atoms with Gasteiger partial charge in [0.15, 0.2) is 0 Å². The summed E-state index contributed by atoms with van der Waals surface area (Å²) < 4.78 is 0. The van der Waals surface area contributed by atoms with Gasteiger partial charge in [-0.3, -0.25) is 9.59 Å². The van der Waals surface area contributed by atoms with Crippen LogP contribution < -0.4 is 16.4 Å². The van der Waals surface area contributed by atoms with Crippen molar-refractivity contribution in [2.45, 2.75) is 38.6 Å². The summed E-state index contributed by atoms with van der Waals surface area (Å²) in [7, 11) is 0. The van der Waals surface area contributed by atoms with Crippen molar-refractivity contribution in [2.24, 2.45) is 11.7 Å². The standard InChI is InChI=1S/C11H21N3O2/c1-2-3-10(15)14-7-11(16)13-6-9(12)8-4-5-8/h8-9H,2-7,12H2,1H3,(H,13,16)(H,14,15). The van der Waals surface area contributed by atoms with Crippen LogP contribution in [0.3, 0.4) is 0 Å². The normalized spacial score (nSPS) is 16.6. The molecule has 0 aromatic heterocycles. The second-order valence-corrected chi connectivity index (χ2v) is 4.33. The van der Waals surface area contributed by atoms with Gasteiger partial charge in [0.25, 0.3) is 0 Å². The number of hydrogen-bond acceptors (Lipinski definition) is 3. The molecule has 2 amide bonds. The van der Waals surface area contributed by atoms with Crippen LogP contribution in [-0.4, -0.2) is 30.9 Å². The smallest absolute Gasteiger partial charge is 0.239 e. The number of carbonyl (C=O) groups excluding carboxylic acids is 2. The van der Waals surface area contributed by atoms with Crippen LogP contribution in [-0.2, 0) is 9.59 Å². The molecular weight excluding hydrogens is 206 g/mol. The van der Waals surface area contributed by atoms with E-state index in [0.29, 0.717) is 18.9 Å². The van der Waals surface area contributed by atoms with Crippen LogP contribution in [0.25, 0.3) is 0 Å². The first-order valence-electron chi connectivity index (χ1n) is 5.92. The van der Waals surface area contributed by atoms with E-state index in [1.165, 1.54) is 12.8 Å². The number of amides is 2. The van der Waals surface area contributed by atoms with Crippen molar-refractivity contribution < 1.29 is 9.59 Å². The molecule has 5 nitrogen and oxygen atoms in total. The predicted molar refractivity (Wildman–Crippen MR) is 61.6 cm³/mol. The summed E-state index contributed by atoms with van der Waals surface area (Å²) >= 11 is 0. The maximum Gasteiger partial charge on any atom is 0.239 e. The second-order valence-electron chi connectivity index (χ2n) is 4.33. The van der Waals surface area contributed by atoms with Crippen molar-refractivity contribution in [3.05, 3.63) is 0 Å². The summed E-state index contributed by atoms with van der Waals surface area (Å²) in [4.78, 5) is 22.4. The summed E-state index contributed by atoms with van der Waals surface area (Å²) in [6.45, 7) is 2.48. The zero-order valence-electron chi connectivity index (χ0n) is 9.79. The molecule has 0 aromatic rings. The van der Waals surface area contributed by atoms with E-state index in [9.17, 15) is 9.59 Å². The molecule has 0 bridgehead atoms. The molecule has 4 N–H and O–H groups in total. The fraction of sp³-hybridized carbons (Fsp3) is 0.818. The lowest BCUT2D eigenvalue weighted by Gasteiger charge is -2.11. The molecule has 16 heavy (non-hydrogen) atoms. The van der Waals surface area contributed by atoms with Crippen molar-refractivity contribution in [1.29, 1.82) is 0 Å². The zero-order chi connectivity index (χ0) is 12.0. The number of nitrogens with one attached hydrogen (secondary N) is 2. The second kappa shape index (κ2) is 6.48. The molecule has 0 spiro atoms. The van der Waals surface area contributed by atoms with E-state index < -0.39 is 0 Å². The van der Waals surface area contributed by atoms with E-state index in [-0.39, 0.29) is 24.4 Å². The third-order valence-electron chi connectivity index (χ3n) is 2.69. The predicted octanol–water partition coefficient (Wildman–Crippen LogP) is -0.244. The largest absolute Gasteiger partial charge is 0.353 e. The lowest BCUT2D eigenvalue weighted by atomic mass is 10.2. The van der Waals surface area contributed by atoms with Crippen LogP contribution in [0.4, 0.5) is 0 Å². The summed E-state index contributed by atoms with van der Waals surface area (Å²) in [5, 5.41) is 5.28. The van der Waals surface area contributed by atoms with E-state index in [2.05, 4.69) is 10.6 Å². The lowest BCUT2D eigenvalue weighted by molar-refractivity contribution is -0.126. The minimum absolute atomic E-state index is 0.0518. The fourth-order valence-electron chi connectivity index (χ4n) is 1.48. The van der Waals surface area contributed by atoms with Crippen molar-refractivity contribution in [3.63, 3.8) is 0 Å². The highest BCUT2D eigenvalue weighted by atomic mass is 16.2. The monoisotopic (exact) mass is 227 g/mol. The van der Waals surface area contributed by atoms with Gasteiger partial charge in [-0.15, -0.1) is 0 Å². The quantitative estimate of drug-likeness (QED) is 0.561. The molecule has 0 saturated heterocycles. The molecule has 92 valence electrons. The molecule has 5 heteroatoms. The van der Waals surface area contributed by atoms with Gasteiger partial charge in [-0.2, -0.15) is 0 Å². The van der Waals surface area contributed by atoms with Crippen molar-refractivity contribution >= 4 is 11.8 Å². The van der Waals surface area contributed by atoms with Gasteiger partial charge in [0.1, 0.15) is 0 Å². The maximum absolute atomic E-state index is 11.3. The Hall–Kier alpha value is -1.10. The molecule has 0 radical (unpaired) electrons. The van der Waals surface area contributed by atoms with E-state index in [1.54, 1.807) is 0 Å². The van der Waals surface area contributed by atoms with Crippen LogP contribution >= 0.6 is 0 Å². The van der Waals surface area contributed by atoms with Crippen LogP contribution in [0.2, 0.25) is 0 Å². The first kappa shape index (κ1) is 13.0. The lowest BCUT2D eigenvalue weighted by Crippen LogP contribution is -2.43. The summed E-state index contributed by atoms with van der Waals surface area (Å²) in [6.07, 6.45) is 3.60. The molecular formula is C11H21N3O2. The third-order valence-corrected chi connectivity index (χ3v) is 2.69. The molecule has 1 fully saturated rings. The number of hydrogen-bond donors (Lipinski definition) is 3. The molecule has 1 rings (SSSR count). The molecule has 1 saturated carbocycles. The van der Waals surface area contributed by atoms with Gasteiger partial charge in [-0.25, -0.2) is 0 Å². The Balaban J connectivity index is 2.03. The fourth-order valence-corrected chi connectivity index (χ4v) is 1.48. The number of rotatable bonds is 7. The SMILES string of the molecule is CCCC(=O)NCC(=O)NCC(N)C1CC1. The average molecular weight is 227 g/mol. The Morgan fingerprint density at radius 3 is 2.56 bits per heavy atom. The molecule has 1 atom stereocenters. The first-order valence-corrected chi connectivity index (χ1v) is 5.92. The van der Waals surface area contributed by atoms with Gasteiger partial charge < -0.3 is 16.4 Å². The zero-order valence-corrected chi connectivity index (χ0v) is 9.79. The van der Waals surface area contributed by atoms with Crippen LogP contribution in [0.15, 0.2) is 0 Å². The first-order chi connectivity index (χ1) is 7.63.